The summed E-state index contributed by atoms with van der Waals surface area (Å²) in [6.45, 7) is 0. The summed E-state index contributed by atoms with van der Waals surface area (Å²) in [5.74, 6) is -0.0906. The number of anilines is 1. The van der Waals surface area contributed by atoms with E-state index in [9.17, 15) is 9.59 Å². The first-order chi connectivity index (χ1) is 12.0. The highest BCUT2D eigenvalue weighted by Crippen LogP contribution is 2.73. The zero-order valence-electron chi connectivity index (χ0n) is 14.4. The Morgan fingerprint density at radius 2 is 1.60 bits per heavy atom. The van der Waals surface area contributed by atoms with Crippen LogP contribution in [-0.4, -0.2) is 37.1 Å². The number of imide groups is 1. The molecule has 0 aromatic heterocycles. The van der Waals surface area contributed by atoms with Crippen LogP contribution in [0.2, 0.25) is 0 Å². The number of hydrogen-bond acceptors (Lipinski definition) is 4. The quantitative estimate of drug-likeness (QED) is 0.484. The van der Waals surface area contributed by atoms with Gasteiger partial charge in [-0.3, -0.25) is 9.59 Å². The van der Waals surface area contributed by atoms with Crippen molar-refractivity contribution in [3.8, 4) is 0 Å². The fraction of sp³-hybridized carbons (Fsp3) is 0.450. The van der Waals surface area contributed by atoms with E-state index in [0.29, 0.717) is 0 Å². The minimum Gasteiger partial charge on any atom is -0.378 e. The summed E-state index contributed by atoms with van der Waals surface area (Å²) in [7, 11) is 3.97. The molecule has 3 fully saturated rings. The van der Waals surface area contributed by atoms with Crippen molar-refractivity contribution in [2.75, 3.05) is 19.0 Å². The summed E-state index contributed by atoms with van der Waals surface area (Å²) in [6, 6.07) is 7.86. The van der Waals surface area contributed by atoms with Gasteiger partial charge in [0.1, 0.15) is 0 Å². The monoisotopic (exact) mass is 335 g/mol. The maximum Gasteiger partial charge on any atom is 0.254 e. The molecule has 1 heterocycles. The number of hydrazone groups is 1. The van der Waals surface area contributed by atoms with Crippen molar-refractivity contribution in [3.05, 3.63) is 42.0 Å². The van der Waals surface area contributed by atoms with Crippen molar-refractivity contribution in [2.45, 2.75) is 12.8 Å². The van der Waals surface area contributed by atoms with E-state index in [1.54, 1.807) is 6.21 Å². The highest BCUT2D eigenvalue weighted by Gasteiger charge is 2.73. The normalized spacial score (nSPS) is 33.8. The second kappa shape index (κ2) is 4.81. The maximum absolute atomic E-state index is 12.8. The van der Waals surface area contributed by atoms with Gasteiger partial charge in [-0.1, -0.05) is 24.3 Å². The third kappa shape index (κ3) is 1.86. The molecule has 2 amide bonds. The molecule has 0 unspecified atom stereocenters. The van der Waals surface area contributed by atoms with E-state index in [1.807, 2.05) is 43.3 Å². The third-order valence-electron chi connectivity index (χ3n) is 6.56. The predicted molar refractivity (Wildman–Crippen MR) is 95.0 cm³/mol. The van der Waals surface area contributed by atoms with Crippen molar-refractivity contribution in [3.63, 3.8) is 0 Å². The lowest BCUT2D eigenvalue weighted by Crippen LogP contribution is -2.30. The summed E-state index contributed by atoms with van der Waals surface area (Å²) in [6.07, 6.45) is 8.28. The van der Waals surface area contributed by atoms with E-state index in [0.717, 1.165) is 29.1 Å². The highest BCUT2D eigenvalue weighted by molar-refractivity contribution is 6.07. The smallest absolute Gasteiger partial charge is 0.254 e. The molecular formula is C20H21N3O2. The Kier molecular flexibility index (Phi) is 2.86. The van der Waals surface area contributed by atoms with E-state index in [-0.39, 0.29) is 40.9 Å². The van der Waals surface area contributed by atoms with Crippen molar-refractivity contribution in [2.24, 2.45) is 34.2 Å². The number of rotatable bonds is 3. The number of allylic oxidation sites excluding steroid dienone is 2. The summed E-state index contributed by atoms with van der Waals surface area (Å²) in [4.78, 5) is 27.7. The molecule has 5 nitrogen and oxygen atoms in total. The molecule has 5 heteroatoms. The molecule has 0 N–H and O–H groups in total. The van der Waals surface area contributed by atoms with Crippen LogP contribution in [0.3, 0.4) is 0 Å². The molecule has 1 aromatic carbocycles. The number of amides is 2. The minimum absolute atomic E-state index is 0.112. The Morgan fingerprint density at radius 3 is 2.08 bits per heavy atom. The average Bonchev–Trinajstić information content (AvgIpc) is 3.20. The summed E-state index contributed by atoms with van der Waals surface area (Å²) < 4.78 is 0. The second-order valence-corrected chi connectivity index (χ2v) is 7.94. The van der Waals surface area contributed by atoms with Crippen LogP contribution in [-0.2, 0) is 9.59 Å². The van der Waals surface area contributed by atoms with Crippen molar-refractivity contribution in [1.82, 2.24) is 5.01 Å². The van der Waals surface area contributed by atoms with Gasteiger partial charge < -0.3 is 4.90 Å². The van der Waals surface area contributed by atoms with Gasteiger partial charge >= 0.3 is 0 Å². The van der Waals surface area contributed by atoms with Gasteiger partial charge in [0.05, 0.1) is 18.1 Å². The molecule has 4 aliphatic rings. The summed E-state index contributed by atoms with van der Waals surface area (Å²) in [5, 5.41) is 5.37. The Morgan fingerprint density at radius 1 is 1.04 bits per heavy atom. The van der Waals surface area contributed by atoms with E-state index < -0.39 is 0 Å². The van der Waals surface area contributed by atoms with Crippen LogP contribution in [0, 0.1) is 29.1 Å². The number of fused-ring (bicyclic) bond motifs is 3. The van der Waals surface area contributed by atoms with Gasteiger partial charge in [-0.2, -0.15) is 10.1 Å². The molecule has 1 saturated heterocycles. The van der Waals surface area contributed by atoms with Gasteiger partial charge in [0.15, 0.2) is 0 Å². The minimum atomic E-state index is -0.182. The van der Waals surface area contributed by atoms with Gasteiger partial charge in [0.25, 0.3) is 11.8 Å². The van der Waals surface area contributed by atoms with E-state index in [2.05, 4.69) is 17.3 Å². The third-order valence-corrected chi connectivity index (χ3v) is 6.56. The standard InChI is InChI=1S/C20H21N3O2/c1-22(2)13-5-3-12(4-6-13)11-21-23-18(24)16-14-7-8-15(17(16)19(23)25)20(14)9-10-20/h3-8,11,14-17H,9-10H2,1-2H3/b21-11-/t14-,15+,16-,17-/m0/s1. The van der Waals surface area contributed by atoms with Crippen LogP contribution in [0.15, 0.2) is 41.5 Å². The number of benzene rings is 1. The zero-order valence-corrected chi connectivity index (χ0v) is 14.4. The molecule has 2 saturated carbocycles. The SMILES string of the molecule is CN(C)c1ccc(/C=N\N2C(=O)[C@@H]3[C@@H](C2=O)[C@@H]2C=C[C@H]3C23CC3)cc1. The molecule has 3 aliphatic carbocycles. The second-order valence-electron chi connectivity index (χ2n) is 7.94. The van der Waals surface area contributed by atoms with Crippen molar-refractivity contribution in [1.29, 1.82) is 0 Å². The number of hydrogen-bond donors (Lipinski definition) is 0. The molecule has 2 bridgehead atoms. The zero-order chi connectivity index (χ0) is 17.3. The van der Waals surface area contributed by atoms with Crippen LogP contribution >= 0.6 is 0 Å². The molecular weight excluding hydrogens is 314 g/mol. The lowest BCUT2D eigenvalue weighted by atomic mass is 9.85. The Balaban J connectivity index is 1.38. The first-order valence-electron chi connectivity index (χ1n) is 8.90. The first-order valence-corrected chi connectivity index (χ1v) is 8.90. The molecule has 4 atom stereocenters. The van der Waals surface area contributed by atoms with Crippen LogP contribution in [0.25, 0.3) is 0 Å². The van der Waals surface area contributed by atoms with E-state index >= 15 is 0 Å². The lowest BCUT2D eigenvalue weighted by Gasteiger charge is -2.18. The summed E-state index contributed by atoms with van der Waals surface area (Å²) >= 11 is 0. The maximum atomic E-state index is 12.8. The van der Waals surface area contributed by atoms with Gasteiger partial charge in [0, 0.05) is 19.8 Å². The predicted octanol–water partition coefficient (Wildman–Crippen LogP) is 2.28. The largest absolute Gasteiger partial charge is 0.378 e. The molecule has 0 radical (unpaired) electrons. The van der Waals surface area contributed by atoms with Crippen molar-refractivity contribution >= 4 is 23.7 Å². The molecule has 25 heavy (non-hydrogen) atoms. The molecule has 1 aliphatic heterocycles. The number of nitrogens with zero attached hydrogens (tertiary/aromatic N) is 3. The molecule has 5 rings (SSSR count). The van der Waals surface area contributed by atoms with Gasteiger partial charge in [-0.15, -0.1) is 0 Å². The molecule has 128 valence electrons. The summed E-state index contributed by atoms with van der Waals surface area (Å²) in [5.41, 5.74) is 2.21. The Bertz CT molecular complexity index is 786. The van der Waals surface area contributed by atoms with Crippen LogP contribution < -0.4 is 4.90 Å². The van der Waals surface area contributed by atoms with Crippen LogP contribution in [0.1, 0.15) is 18.4 Å². The topological polar surface area (TPSA) is 53.0 Å². The van der Waals surface area contributed by atoms with E-state index in [1.165, 1.54) is 0 Å². The average molecular weight is 335 g/mol. The van der Waals surface area contributed by atoms with Gasteiger partial charge in [0.2, 0.25) is 0 Å². The van der Waals surface area contributed by atoms with Gasteiger partial charge in [-0.05, 0) is 47.8 Å². The van der Waals surface area contributed by atoms with Crippen molar-refractivity contribution < 1.29 is 9.59 Å². The highest BCUT2D eigenvalue weighted by atomic mass is 16.2. The first kappa shape index (κ1) is 14.9. The van der Waals surface area contributed by atoms with E-state index in [4.69, 9.17) is 0 Å². The lowest BCUT2D eigenvalue weighted by molar-refractivity contribution is -0.141. The molecule has 1 aromatic rings. The fourth-order valence-electron chi connectivity index (χ4n) is 5.16. The Hall–Kier alpha value is -2.43. The number of carbonyl (C=O) groups excluding carboxylic acids is 2. The van der Waals surface area contributed by atoms with Gasteiger partial charge in [-0.25, -0.2) is 0 Å². The van der Waals surface area contributed by atoms with Crippen LogP contribution in [0.5, 0.6) is 0 Å². The molecule has 1 spiro atoms. The Labute approximate surface area is 147 Å². The van der Waals surface area contributed by atoms with Crippen LogP contribution in [0.4, 0.5) is 5.69 Å². The number of carbonyl (C=O) groups is 2. The fourth-order valence-corrected chi connectivity index (χ4v) is 5.16.